The smallest absolute Gasteiger partial charge is 0.167 e. The minimum Gasteiger partial charge on any atom is -0.493 e. The van der Waals surface area contributed by atoms with Crippen LogP contribution in [0.1, 0.15) is 16.7 Å². The first-order chi connectivity index (χ1) is 15.2. The first-order valence-electron chi connectivity index (χ1n) is 10.1. The van der Waals surface area contributed by atoms with Gasteiger partial charge >= 0.3 is 0 Å². The van der Waals surface area contributed by atoms with Crippen molar-refractivity contribution in [1.82, 2.24) is 5.32 Å². The normalized spacial score (nSPS) is 10.6. The molecular weight excluding hydrogens is 458 g/mol. The van der Waals surface area contributed by atoms with E-state index in [1.807, 2.05) is 54.6 Å². The summed E-state index contributed by atoms with van der Waals surface area (Å²) in [4.78, 5) is 0. The second kappa shape index (κ2) is 11.6. The summed E-state index contributed by atoms with van der Waals surface area (Å²) in [6, 6.07) is 20.0. The molecule has 1 N–H and O–H groups in total. The minimum absolute atomic E-state index is 0.478. The fraction of sp³-hybridized carbons (Fsp3) is 0.280. The van der Waals surface area contributed by atoms with Gasteiger partial charge in [-0.25, -0.2) is 0 Å². The predicted octanol–water partition coefficient (Wildman–Crippen LogP) is 5.39. The number of methoxy groups -OCH3 is 3. The van der Waals surface area contributed by atoms with Gasteiger partial charge in [-0.1, -0.05) is 52.3 Å². The molecule has 0 saturated carbocycles. The largest absolute Gasteiger partial charge is 0.493 e. The quantitative estimate of drug-likeness (QED) is 0.369. The van der Waals surface area contributed by atoms with Crippen molar-refractivity contribution in [3.05, 3.63) is 81.8 Å². The van der Waals surface area contributed by atoms with Crippen LogP contribution in [0.2, 0.25) is 0 Å². The molecule has 0 aliphatic heterocycles. The van der Waals surface area contributed by atoms with Gasteiger partial charge < -0.3 is 24.3 Å². The third-order valence-electron chi connectivity index (χ3n) is 4.95. The first kappa shape index (κ1) is 23.0. The van der Waals surface area contributed by atoms with Gasteiger partial charge in [-0.2, -0.15) is 0 Å². The Morgan fingerprint density at radius 2 is 1.48 bits per heavy atom. The molecule has 0 aliphatic carbocycles. The maximum Gasteiger partial charge on any atom is 0.167 e. The van der Waals surface area contributed by atoms with Crippen molar-refractivity contribution in [3.63, 3.8) is 0 Å². The monoisotopic (exact) mass is 485 g/mol. The van der Waals surface area contributed by atoms with Crippen LogP contribution in [-0.2, 0) is 19.6 Å². The Morgan fingerprint density at radius 1 is 0.774 bits per heavy atom. The second-order valence-corrected chi connectivity index (χ2v) is 7.80. The summed E-state index contributed by atoms with van der Waals surface area (Å²) in [6.45, 7) is 1.93. The summed E-state index contributed by atoms with van der Waals surface area (Å²) in [6.07, 6.45) is 0.863. The number of nitrogens with one attached hydrogen (secondary N) is 1. The van der Waals surface area contributed by atoms with E-state index in [2.05, 4.69) is 27.3 Å². The summed E-state index contributed by atoms with van der Waals surface area (Å²) in [5.74, 6) is 2.95. The van der Waals surface area contributed by atoms with Crippen LogP contribution in [0.5, 0.6) is 23.0 Å². The molecule has 0 atom stereocenters. The molecule has 0 unspecified atom stereocenters. The summed E-state index contributed by atoms with van der Waals surface area (Å²) in [5, 5.41) is 3.51. The highest BCUT2D eigenvalue weighted by Crippen LogP contribution is 2.37. The van der Waals surface area contributed by atoms with Crippen molar-refractivity contribution in [3.8, 4) is 23.0 Å². The Balaban J connectivity index is 1.65. The Labute approximate surface area is 192 Å². The van der Waals surface area contributed by atoms with E-state index in [9.17, 15) is 0 Å². The average molecular weight is 486 g/mol. The van der Waals surface area contributed by atoms with Crippen molar-refractivity contribution >= 4 is 15.9 Å². The Morgan fingerprint density at radius 3 is 2.19 bits per heavy atom. The van der Waals surface area contributed by atoms with E-state index in [-0.39, 0.29) is 0 Å². The van der Waals surface area contributed by atoms with Gasteiger partial charge in [0.25, 0.3) is 0 Å². The first-order valence-corrected chi connectivity index (χ1v) is 10.9. The highest BCUT2D eigenvalue weighted by Gasteiger charge is 2.15. The van der Waals surface area contributed by atoms with E-state index >= 15 is 0 Å². The molecule has 3 aromatic rings. The summed E-state index contributed by atoms with van der Waals surface area (Å²) in [7, 11) is 4.95. The molecule has 0 heterocycles. The van der Waals surface area contributed by atoms with Crippen molar-refractivity contribution in [2.75, 3.05) is 27.9 Å². The molecule has 0 spiro atoms. The van der Waals surface area contributed by atoms with Gasteiger partial charge in [0.2, 0.25) is 0 Å². The van der Waals surface area contributed by atoms with Crippen LogP contribution in [0.25, 0.3) is 0 Å². The fourth-order valence-electron chi connectivity index (χ4n) is 3.28. The standard InChI is InChI=1S/C25H28BrNO4/c1-28-22-11-9-18(15-24(22)30-3)13-14-27-16-20-21(26)10-12-23(29-2)25(20)31-17-19-7-5-4-6-8-19/h4-12,15,27H,13-14,16-17H2,1-3H3. The summed E-state index contributed by atoms with van der Waals surface area (Å²) < 4.78 is 23.4. The highest BCUT2D eigenvalue weighted by molar-refractivity contribution is 9.10. The molecular formula is C25H28BrNO4. The fourth-order valence-corrected chi connectivity index (χ4v) is 3.73. The van der Waals surface area contributed by atoms with Crippen LogP contribution in [0.4, 0.5) is 0 Å². The molecule has 6 heteroatoms. The maximum atomic E-state index is 6.17. The number of rotatable bonds is 11. The van der Waals surface area contributed by atoms with Crippen LogP contribution in [0.15, 0.2) is 65.1 Å². The minimum atomic E-state index is 0.478. The van der Waals surface area contributed by atoms with Crippen LogP contribution < -0.4 is 24.3 Å². The lowest BCUT2D eigenvalue weighted by Crippen LogP contribution is -2.18. The Kier molecular flexibility index (Phi) is 8.62. The number of hydrogen-bond donors (Lipinski definition) is 1. The second-order valence-electron chi connectivity index (χ2n) is 6.95. The molecule has 31 heavy (non-hydrogen) atoms. The molecule has 0 amide bonds. The number of halogens is 1. The molecule has 0 saturated heterocycles. The van der Waals surface area contributed by atoms with Crippen LogP contribution in [-0.4, -0.2) is 27.9 Å². The lowest BCUT2D eigenvalue weighted by molar-refractivity contribution is 0.280. The van der Waals surface area contributed by atoms with Gasteiger partial charge in [0.1, 0.15) is 6.61 Å². The molecule has 0 aliphatic rings. The molecule has 0 fully saturated rings. The number of hydrogen-bond acceptors (Lipinski definition) is 5. The molecule has 5 nitrogen and oxygen atoms in total. The number of benzene rings is 3. The zero-order valence-corrected chi connectivity index (χ0v) is 19.7. The molecule has 0 bridgehead atoms. The van der Waals surface area contributed by atoms with Crippen molar-refractivity contribution in [2.24, 2.45) is 0 Å². The van der Waals surface area contributed by atoms with E-state index in [4.69, 9.17) is 18.9 Å². The zero-order chi connectivity index (χ0) is 22.1. The van der Waals surface area contributed by atoms with E-state index in [0.717, 1.165) is 51.6 Å². The SMILES string of the molecule is COc1ccc(CCNCc2c(Br)ccc(OC)c2OCc2ccccc2)cc1OC. The lowest BCUT2D eigenvalue weighted by atomic mass is 10.1. The zero-order valence-electron chi connectivity index (χ0n) is 18.1. The van der Waals surface area contributed by atoms with Gasteiger partial charge in [-0.15, -0.1) is 0 Å². The van der Waals surface area contributed by atoms with Crippen molar-refractivity contribution < 1.29 is 18.9 Å². The van der Waals surface area contributed by atoms with E-state index in [1.165, 1.54) is 5.56 Å². The maximum absolute atomic E-state index is 6.17. The molecule has 3 rings (SSSR count). The van der Waals surface area contributed by atoms with Gasteiger partial charge in [0.05, 0.1) is 21.3 Å². The highest BCUT2D eigenvalue weighted by atomic mass is 79.9. The van der Waals surface area contributed by atoms with Gasteiger partial charge in [-0.05, 0) is 48.4 Å². The van der Waals surface area contributed by atoms with Gasteiger partial charge in [-0.3, -0.25) is 0 Å². The molecule has 0 radical (unpaired) electrons. The van der Waals surface area contributed by atoms with Crippen molar-refractivity contribution in [2.45, 2.75) is 19.6 Å². The average Bonchev–Trinajstić information content (AvgIpc) is 2.82. The van der Waals surface area contributed by atoms with Gasteiger partial charge in [0.15, 0.2) is 23.0 Å². The third-order valence-corrected chi connectivity index (χ3v) is 5.70. The Hall–Kier alpha value is -2.70. The van der Waals surface area contributed by atoms with Crippen LogP contribution in [0, 0.1) is 0 Å². The summed E-state index contributed by atoms with van der Waals surface area (Å²) >= 11 is 3.66. The Bertz CT molecular complexity index is 979. The lowest BCUT2D eigenvalue weighted by Gasteiger charge is -2.17. The number of ether oxygens (including phenoxy) is 4. The van der Waals surface area contributed by atoms with Crippen LogP contribution in [0.3, 0.4) is 0 Å². The molecule has 3 aromatic carbocycles. The molecule has 164 valence electrons. The van der Waals surface area contributed by atoms with Crippen LogP contribution >= 0.6 is 15.9 Å². The van der Waals surface area contributed by atoms with E-state index in [0.29, 0.717) is 13.2 Å². The molecule has 0 aromatic heterocycles. The predicted molar refractivity (Wildman–Crippen MR) is 126 cm³/mol. The third kappa shape index (κ3) is 6.15. The topological polar surface area (TPSA) is 49.0 Å². The summed E-state index contributed by atoms with van der Waals surface area (Å²) in [5.41, 5.74) is 3.31. The van der Waals surface area contributed by atoms with Crippen molar-refractivity contribution in [1.29, 1.82) is 0 Å². The van der Waals surface area contributed by atoms with E-state index in [1.54, 1.807) is 21.3 Å². The van der Waals surface area contributed by atoms with E-state index < -0.39 is 0 Å². The van der Waals surface area contributed by atoms with Gasteiger partial charge in [0, 0.05) is 16.6 Å².